The van der Waals surface area contributed by atoms with Crippen LogP contribution in [0.15, 0.2) is 58.2 Å². The number of hydrogen-bond acceptors (Lipinski definition) is 3. The first-order chi connectivity index (χ1) is 10.1. The summed E-state index contributed by atoms with van der Waals surface area (Å²) in [4.78, 5) is 0. The molecule has 0 aliphatic rings. The second-order valence-electron chi connectivity index (χ2n) is 4.53. The third kappa shape index (κ3) is 4.37. The average molecular weight is 369 g/mol. The molecule has 0 amide bonds. The largest absolute Gasteiger partial charge is 0.409 e. The molecule has 21 heavy (non-hydrogen) atoms. The van der Waals surface area contributed by atoms with E-state index in [-0.39, 0.29) is 11.9 Å². The van der Waals surface area contributed by atoms with E-state index in [0.717, 1.165) is 15.7 Å². The van der Waals surface area contributed by atoms with Crippen LogP contribution in [-0.2, 0) is 0 Å². The van der Waals surface area contributed by atoms with Crippen LogP contribution in [0.2, 0.25) is 5.02 Å². The van der Waals surface area contributed by atoms with Gasteiger partial charge in [0.1, 0.15) is 5.84 Å². The van der Waals surface area contributed by atoms with Crippen molar-refractivity contribution in [3.8, 4) is 0 Å². The summed E-state index contributed by atoms with van der Waals surface area (Å²) in [6.45, 7) is 0. The van der Waals surface area contributed by atoms with Crippen LogP contribution >= 0.6 is 27.5 Å². The fourth-order valence-electron chi connectivity index (χ4n) is 1.97. The van der Waals surface area contributed by atoms with Crippen LogP contribution in [0, 0.1) is 0 Å². The molecule has 0 bridgehead atoms. The summed E-state index contributed by atoms with van der Waals surface area (Å²) in [7, 11) is 0. The first kappa shape index (κ1) is 15.7. The third-order valence-corrected chi connectivity index (χ3v) is 4.22. The minimum Gasteiger partial charge on any atom is -0.409 e. The highest BCUT2D eigenvalue weighted by Gasteiger charge is 2.14. The number of nitrogens with two attached hydrogens (primary N) is 1. The Morgan fingerprint density at radius 2 is 2.00 bits per heavy atom. The Kier molecular flexibility index (Phi) is 5.47. The number of rotatable bonds is 5. The van der Waals surface area contributed by atoms with Gasteiger partial charge in [0, 0.05) is 16.6 Å². The summed E-state index contributed by atoms with van der Waals surface area (Å²) in [5.74, 6) is 0.171. The van der Waals surface area contributed by atoms with Gasteiger partial charge in [-0.1, -0.05) is 47.1 Å². The zero-order valence-electron chi connectivity index (χ0n) is 11.1. The lowest BCUT2D eigenvalue weighted by atomic mass is 10.0. The van der Waals surface area contributed by atoms with Crippen molar-refractivity contribution in [3.63, 3.8) is 0 Å². The number of halogens is 2. The molecule has 0 aromatic heterocycles. The molecular weight excluding hydrogens is 354 g/mol. The standard InChI is InChI=1S/C15H15BrClN3O/c16-12-8-11(6-7-13(12)17)19-14(9-15(18)20-21)10-4-2-1-3-5-10/h1-8,14,19,21H,9H2,(H2,18,20). The van der Waals surface area contributed by atoms with Crippen LogP contribution in [0.25, 0.3) is 0 Å². The van der Waals surface area contributed by atoms with Gasteiger partial charge in [0.15, 0.2) is 0 Å². The maximum atomic E-state index is 8.79. The molecule has 6 heteroatoms. The quantitative estimate of drug-likeness (QED) is 0.317. The Balaban J connectivity index is 2.25. The second-order valence-corrected chi connectivity index (χ2v) is 5.79. The minimum absolute atomic E-state index is 0.102. The molecule has 0 aliphatic heterocycles. The lowest BCUT2D eigenvalue weighted by Gasteiger charge is -2.20. The third-order valence-electron chi connectivity index (χ3n) is 3.00. The molecule has 0 fully saturated rings. The molecule has 1 atom stereocenters. The van der Waals surface area contributed by atoms with Crippen LogP contribution in [-0.4, -0.2) is 11.0 Å². The number of oxime groups is 1. The number of nitrogens with zero attached hydrogens (tertiary/aromatic N) is 1. The van der Waals surface area contributed by atoms with Crippen molar-refractivity contribution in [1.82, 2.24) is 0 Å². The Hall–Kier alpha value is -1.72. The van der Waals surface area contributed by atoms with Crippen molar-refractivity contribution < 1.29 is 5.21 Å². The highest BCUT2D eigenvalue weighted by Crippen LogP contribution is 2.29. The van der Waals surface area contributed by atoms with Crippen molar-refractivity contribution in [2.45, 2.75) is 12.5 Å². The molecule has 0 saturated heterocycles. The van der Waals surface area contributed by atoms with E-state index in [0.29, 0.717) is 11.4 Å². The maximum Gasteiger partial charge on any atom is 0.141 e. The molecule has 0 saturated carbocycles. The van der Waals surface area contributed by atoms with Crippen molar-refractivity contribution in [1.29, 1.82) is 0 Å². The number of nitrogens with one attached hydrogen (secondary N) is 1. The Morgan fingerprint density at radius 1 is 1.29 bits per heavy atom. The van der Waals surface area contributed by atoms with E-state index in [4.69, 9.17) is 22.5 Å². The van der Waals surface area contributed by atoms with E-state index in [1.54, 1.807) is 6.07 Å². The summed E-state index contributed by atoms with van der Waals surface area (Å²) in [6.07, 6.45) is 0.390. The molecule has 2 rings (SSSR count). The fourth-order valence-corrected chi connectivity index (χ4v) is 2.47. The minimum atomic E-state index is -0.102. The molecular formula is C15H15BrClN3O. The van der Waals surface area contributed by atoms with Gasteiger partial charge in [0.05, 0.1) is 11.1 Å². The lowest BCUT2D eigenvalue weighted by molar-refractivity contribution is 0.316. The van der Waals surface area contributed by atoms with Crippen LogP contribution in [0.3, 0.4) is 0 Å². The van der Waals surface area contributed by atoms with Gasteiger partial charge in [-0.25, -0.2) is 0 Å². The molecule has 2 aromatic rings. The number of benzene rings is 2. The molecule has 1 unspecified atom stereocenters. The summed E-state index contributed by atoms with van der Waals surface area (Å²) >= 11 is 9.39. The van der Waals surface area contributed by atoms with E-state index >= 15 is 0 Å². The zero-order valence-corrected chi connectivity index (χ0v) is 13.5. The van der Waals surface area contributed by atoms with E-state index in [2.05, 4.69) is 26.4 Å². The highest BCUT2D eigenvalue weighted by atomic mass is 79.9. The first-order valence-electron chi connectivity index (χ1n) is 6.33. The van der Waals surface area contributed by atoms with Gasteiger partial charge >= 0.3 is 0 Å². The number of hydrogen-bond donors (Lipinski definition) is 3. The van der Waals surface area contributed by atoms with E-state index in [1.165, 1.54) is 0 Å². The summed E-state index contributed by atoms with van der Waals surface area (Å²) in [5.41, 5.74) is 7.59. The van der Waals surface area contributed by atoms with Crippen molar-refractivity contribution >= 4 is 39.1 Å². The molecule has 4 N–H and O–H groups in total. The van der Waals surface area contributed by atoms with Gasteiger partial charge in [-0.3, -0.25) is 0 Å². The number of amidine groups is 1. The SMILES string of the molecule is N/C(CC(Nc1ccc(Cl)c(Br)c1)c1ccccc1)=N/O. The van der Waals surface area contributed by atoms with Gasteiger partial charge in [-0.2, -0.15) is 0 Å². The molecule has 4 nitrogen and oxygen atoms in total. The molecule has 110 valence electrons. The topological polar surface area (TPSA) is 70.6 Å². The van der Waals surface area contributed by atoms with Crippen LogP contribution in [0.5, 0.6) is 0 Å². The van der Waals surface area contributed by atoms with E-state index in [9.17, 15) is 0 Å². The van der Waals surface area contributed by atoms with Gasteiger partial charge in [0.2, 0.25) is 0 Å². The lowest BCUT2D eigenvalue weighted by Crippen LogP contribution is -2.21. The zero-order chi connectivity index (χ0) is 15.2. The van der Waals surface area contributed by atoms with Gasteiger partial charge in [-0.15, -0.1) is 0 Å². The summed E-state index contributed by atoms with van der Waals surface area (Å²) in [6, 6.07) is 15.3. The molecule has 0 heterocycles. The normalized spacial score (nSPS) is 13.0. The average Bonchev–Trinajstić information content (AvgIpc) is 2.51. The van der Waals surface area contributed by atoms with Crippen LogP contribution in [0.4, 0.5) is 5.69 Å². The van der Waals surface area contributed by atoms with Gasteiger partial charge in [-0.05, 0) is 39.7 Å². The smallest absolute Gasteiger partial charge is 0.141 e. The first-order valence-corrected chi connectivity index (χ1v) is 7.50. The Morgan fingerprint density at radius 3 is 2.62 bits per heavy atom. The highest BCUT2D eigenvalue weighted by molar-refractivity contribution is 9.10. The van der Waals surface area contributed by atoms with Crippen LogP contribution < -0.4 is 11.1 Å². The number of anilines is 1. The van der Waals surface area contributed by atoms with Gasteiger partial charge in [0.25, 0.3) is 0 Å². The summed E-state index contributed by atoms with van der Waals surface area (Å²) in [5, 5.41) is 15.9. The van der Waals surface area contributed by atoms with Crippen molar-refractivity contribution in [2.75, 3.05) is 5.32 Å². The Labute approximate surface area is 136 Å². The van der Waals surface area contributed by atoms with Crippen LogP contribution in [0.1, 0.15) is 18.0 Å². The molecule has 0 radical (unpaired) electrons. The predicted molar refractivity (Wildman–Crippen MR) is 90.0 cm³/mol. The molecule has 2 aromatic carbocycles. The molecule has 0 aliphatic carbocycles. The van der Waals surface area contributed by atoms with Crippen molar-refractivity contribution in [3.05, 3.63) is 63.6 Å². The summed E-state index contributed by atoms with van der Waals surface area (Å²) < 4.78 is 0.810. The predicted octanol–water partition coefficient (Wildman–Crippen LogP) is 4.39. The molecule has 0 spiro atoms. The van der Waals surface area contributed by atoms with E-state index < -0.39 is 0 Å². The second kappa shape index (κ2) is 7.33. The Bertz CT molecular complexity index is 634. The monoisotopic (exact) mass is 367 g/mol. The maximum absolute atomic E-state index is 8.79. The van der Waals surface area contributed by atoms with Gasteiger partial charge < -0.3 is 16.3 Å². The van der Waals surface area contributed by atoms with Crippen molar-refractivity contribution in [2.24, 2.45) is 10.9 Å². The fraction of sp³-hybridized carbons (Fsp3) is 0.133. The van der Waals surface area contributed by atoms with E-state index in [1.807, 2.05) is 42.5 Å².